The van der Waals surface area contributed by atoms with Crippen molar-refractivity contribution in [2.24, 2.45) is 17.6 Å². The number of halogens is 1. The summed E-state index contributed by atoms with van der Waals surface area (Å²) in [6, 6.07) is 6.31. The van der Waals surface area contributed by atoms with Gasteiger partial charge in [0.25, 0.3) is 0 Å². The van der Waals surface area contributed by atoms with E-state index in [2.05, 4.69) is 5.32 Å². The Balaban J connectivity index is 2.66. The number of rotatable bonds is 5. The first-order valence-electron chi connectivity index (χ1n) is 5.74. The molecule has 1 atom stereocenters. The zero-order chi connectivity index (χ0) is 13.7. The monoisotopic (exact) mass is 268 g/mol. The Kier molecular flexibility index (Phi) is 5.22. The van der Waals surface area contributed by atoms with Gasteiger partial charge in [-0.05, 0) is 12.0 Å². The van der Waals surface area contributed by atoms with Gasteiger partial charge in [0.15, 0.2) is 0 Å². The molecule has 0 aromatic heterocycles. The molecule has 3 N–H and O–H groups in total. The predicted octanol–water partition coefficient (Wildman–Crippen LogP) is 2.00. The van der Waals surface area contributed by atoms with E-state index in [9.17, 15) is 9.18 Å². The Morgan fingerprint density at radius 3 is 2.56 bits per heavy atom. The topological polar surface area (TPSA) is 55.1 Å². The van der Waals surface area contributed by atoms with Crippen LogP contribution in [0.2, 0.25) is 0 Å². The van der Waals surface area contributed by atoms with Crippen molar-refractivity contribution in [3.05, 3.63) is 35.6 Å². The zero-order valence-electron chi connectivity index (χ0n) is 10.4. The van der Waals surface area contributed by atoms with Gasteiger partial charge in [-0.1, -0.05) is 44.3 Å². The first kappa shape index (κ1) is 14.6. The maximum absolute atomic E-state index is 13.4. The number of hydrogen-bond donors (Lipinski definition) is 2. The zero-order valence-corrected chi connectivity index (χ0v) is 11.3. The quantitative estimate of drug-likeness (QED) is 0.803. The molecule has 0 radical (unpaired) electrons. The van der Waals surface area contributed by atoms with Crippen molar-refractivity contribution in [3.63, 3.8) is 0 Å². The van der Waals surface area contributed by atoms with E-state index in [-0.39, 0.29) is 29.2 Å². The number of nitrogens with one attached hydrogen (secondary N) is 1. The van der Waals surface area contributed by atoms with Gasteiger partial charge in [-0.15, -0.1) is 0 Å². The van der Waals surface area contributed by atoms with Gasteiger partial charge in [0.05, 0.1) is 10.9 Å². The highest BCUT2D eigenvalue weighted by Crippen LogP contribution is 2.12. The lowest BCUT2D eigenvalue weighted by molar-refractivity contribution is -0.124. The lowest BCUT2D eigenvalue weighted by Gasteiger charge is -2.18. The van der Waals surface area contributed by atoms with E-state index in [0.29, 0.717) is 5.56 Å². The first-order chi connectivity index (χ1) is 8.43. The smallest absolute Gasteiger partial charge is 0.230 e. The van der Waals surface area contributed by atoms with Crippen LogP contribution in [-0.4, -0.2) is 10.9 Å². The van der Waals surface area contributed by atoms with Crippen molar-refractivity contribution < 1.29 is 9.18 Å². The number of benzene rings is 1. The molecule has 0 heterocycles. The summed E-state index contributed by atoms with van der Waals surface area (Å²) in [6.45, 7) is 3.87. The minimum atomic E-state index is -0.522. The minimum absolute atomic E-state index is 0.0168. The number of amides is 1. The van der Waals surface area contributed by atoms with Gasteiger partial charge in [0.1, 0.15) is 5.82 Å². The van der Waals surface area contributed by atoms with Crippen molar-refractivity contribution in [1.82, 2.24) is 5.32 Å². The Morgan fingerprint density at radius 1 is 1.44 bits per heavy atom. The van der Waals surface area contributed by atoms with Crippen molar-refractivity contribution in [1.29, 1.82) is 0 Å². The van der Waals surface area contributed by atoms with Crippen molar-refractivity contribution >= 4 is 23.1 Å². The molecule has 0 bridgehead atoms. The number of thiocarbonyl (C=S) groups is 1. The van der Waals surface area contributed by atoms with Crippen LogP contribution in [0.15, 0.2) is 24.3 Å². The van der Waals surface area contributed by atoms with Crippen molar-refractivity contribution in [3.8, 4) is 0 Å². The van der Waals surface area contributed by atoms with E-state index >= 15 is 0 Å². The summed E-state index contributed by atoms with van der Waals surface area (Å²) in [6.07, 6.45) is 0. The molecule has 0 aliphatic rings. The fourth-order valence-electron chi connectivity index (χ4n) is 1.69. The van der Waals surface area contributed by atoms with Crippen LogP contribution in [0.25, 0.3) is 0 Å². The molecule has 1 rings (SSSR count). The number of carbonyl (C=O) groups excluding carboxylic acids is 1. The summed E-state index contributed by atoms with van der Waals surface area (Å²) >= 11 is 4.87. The van der Waals surface area contributed by atoms with Crippen molar-refractivity contribution in [2.45, 2.75) is 20.4 Å². The third kappa shape index (κ3) is 3.77. The molecule has 1 amide bonds. The Labute approximate surface area is 112 Å². The third-order valence-corrected chi connectivity index (χ3v) is 2.92. The molecule has 98 valence electrons. The molecule has 18 heavy (non-hydrogen) atoms. The second-order valence-electron chi connectivity index (χ2n) is 4.43. The highest BCUT2D eigenvalue weighted by atomic mass is 32.1. The number of hydrogen-bond acceptors (Lipinski definition) is 2. The summed E-state index contributed by atoms with van der Waals surface area (Å²) in [5, 5.41) is 2.66. The standard InChI is InChI=1S/C13H17FN2OS/c1-8(2)11(12(15)18)13(17)16-7-9-5-3-4-6-10(9)14/h3-6,8,11H,7H2,1-2H3,(H2,15,18)(H,16,17). The molecule has 0 saturated heterocycles. The molecule has 1 unspecified atom stereocenters. The van der Waals surface area contributed by atoms with Crippen LogP contribution >= 0.6 is 12.2 Å². The summed E-state index contributed by atoms with van der Waals surface area (Å²) in [4.78, 5) is 12.1. The lowest BCUT2D eigenvalue weighted by atomic mass is 9.95. The second kappa shape index (κ2) is 6.44. The van der Waals surface area contributed by atoms with Gasteiger partial charge in [-0.2, -0.15) is 0 Å². The van der Waals surface area contributed by atoms with Gasteiger partial charge in [-0.25, -0.2) is 4.39 Å². The molecule has 1 aromatic carbocycles. The van der Waals surface area contributed by atoms with Gasteiger partial charge >= 0.3 is 0 Å². The van der Waals surface area contributed by atoms with E-state index < -0.39 is 5.92 Å². The van der Waals surface area contributed by atoms with Gasteiger partial charge in [-0.3, -0.25) is 4.79 Å². The number of carbonyl (C=O) groups is 1. The summed E-state index contributed by atoms with van der Waals surface area (Å²) in [5.74, 6) is -1.11. The van der Waals surface area contributed by atoms with Crippen molar-refractivity contribution in [2.75, 3.05) is 0 Å². The van der Waals surface area contributed by atoms with E-state index in [1.54, 1.807) is 18.2 Å². The molecular formula is C13H17FN2OS. The molecule has 5 heteroatoms. The summed E-state index contributed by atoms with van der Waals surface area (Å²) < 4.78 is 13.4. The molecule has 0 aliphatic heterocycles. The molecular weight excluding hydrogens is 251 g/mol. The van der Waals surface area contributed by atoms with Crippen LogP contribution in [0.4, 0.5) is 4.39 Å². The van der Waals surface area contributed by atoms with Gasteiger partial charge in [0, 0.05) is 12.1 Å². The molecule has 0 spiro atoms. The van der Waals surface area contributed by atoms with E-state index in [1.807, 2.05) is 13.8 Å². The van der Waals surface area contributed by atoms with Crippen LogP contribution in [0.3, 0.4) is 0 Å². The summed E-state index contributed by atoms with van der Waals surface area (Å²) in [7, 11) is 0. The highest BCUT2D eigenvalue weighted by Gasteiger charge is 2.24. The van der Waals surface area contributed by atoms with E-state index in [0.717, 1.165) is 0 Å². The van der Waals surface area contributed by atoms with Crippen LogP contribution in [-0.2, 0) is 11.3 Å². The molecule has 1 aromatic rings. The maximum atomic E-state index is 13.4. The molecule has 0 fully saturated rings. The largest absolute Gasteiger partial charge is 0.393 e. The SMILES string of the molecule is CC(C)C(C(=O)NCc1ccccc1F)C(N)=S. The minimum Gasteiger partial charge on any atom is -0.393 e. The Morgan fingerprint density at radius 2 is 2.06 bits per heavy atom. The van der Waals surface area contributed by atoms with Gasteiger partial charge < -0.3 is 11.1 Å². The average Bonchev–Trinajstić information content (AvgIpc) is 2.27. The van der Waals surface area contributed by atoms with Gasteiger partial charge in [0.2, 0.25) is 5.91 Å². The maximum Gasteiger partial charge on any atom is 0.230 e. The molecule has 0 aliphatic carbocycles. The number of nitrogens with two attached hydrogens (primary N) is 1. The van der Waals surface area contributed by atoms with E-state index in [4.69, 9.17) is 18.0 Å². The van der Waals surface area contributed by atoms with Crippen LogP contribution < -0.4 is 11.1 Å². The second-order valence-corrected chi connectivity index (χ2v) is 4.90. The highest BCUT2D eigenvalue weighted by molar-refractivity contribution is 7.80. The fourth-order valence-corrected chi connectivity index (χ4v) is 2.07. The summed E-state index contributed by atoms with van der Waals surface area (Å²) in [5.41, 5.74) is 5.97. The molecule has 3 nitrogen and oxygen atoms in total. The normalized spacial score (nSPS) is 12.2. The fraction of sp³-hybridized carbons (Fsp3) is 0.385. The third-order valence-electron chi connectivity index (χ3n) is 2.67. The Hall–Kier alpha value is -1.49. The predicted molar refractivity (Wildman–Crippen MR) is 73.4 cm³/mol. The lowest BCUT2D eigenvalue weighted by Crippen LogP contribution is -2.40. The Bertz CT molecular complexity index is 448. The first-order valence-corrected chi connectivity index (χ1v) is 6.14. The van der Waals surface area contributed by atoms with Crippen LogP contribution in [0, 0.1) is 17.7 Å². The van der Waals surface area contributed by atoms with Crippen LogP contribution in [0.5, 0.6) is 0 Å². The molecule has 0 saturated carbocycles. The van der Waals surface area contributed by atoms with E-state index in [1.165, 1.54) is 6.07 Å². The van der Waals surface area contributed by atoms with Crippen LogP contribution in [0.1, 0.15) is 19.4 Å². The average molecular weight is 268 g/mol.